The number of rotatable bonds is 2. The third-order valence-corrected chi connectivity index (χ3v) is 3.84. The van der Waals surface area contributed by atoms with Crippen molar-refractivity contribution in [2.24, 2.45) is 17.6 Å². The molecular weight excluding hydrogens is 188 g/mol. The Kier molecular flexibility index (Phi) is 3.06. The molecule has 0 aromatic heterocycles. The van der Waals surface area contributed by atoms with Crippen molar-refractivity contribution in [2.45, 2.75) is 44.8 Å². The summed E-state index contributed by atoms with van der Waals surface area (Å²) in [5, 5.41) is 9.80. The van der Waals surface area contributed by atoms with Gasteiger partial charge < -0.3 is 10.8 Å². The van der Waals surface area contributed by atoms with E-state index in [1.165, 1.54) is 19.3 Å². The lowest BCUT2D eigenvalue weighted by Crippen LogP contribution is -2.39. The standard InChI is InChI=1S/C12H24N2O/c1-12(2,15)8-14-6-9-4-3-5-11(13)10(9)7-14/h9-11,15H,3-8,13H2,1-2H3. The Balaban J connectivity index is 1.92. The van der Waals surface area contributed by atoms with E-state index in [1.54, 1.807) is 0 Å². The molecule has 2 rings (SSSR count). The van der Waals surface area contributed by atoms with Crippen LogP contribution < -0.4 is 5.73 Å². The van der Waals surface area contributed by atoms with Crippen molar-refractivity contribution >= 4 is 0 Å². The Labute approximate surface area is 92.6 Å². The summed E-state index contributed by atoms with van der Waals surface area (Å²) >= 11 is 0. The average molecular weight is 212 g/mol. The molecule has 3 N–H and O–H groups in total. The Morgan fingerprint density at radius 3 is 2.67 bits per heavy atom. The van der Waals surface area contributed by atoms with E-state index < -0.39 is 5.60 Å². The van der Waals surface area contributed by atoms with Gasteiger partial charge in [0.05, 0.1) is 5.60 Å². The molecule has 88 valence electrons. The first kappa shape index (κ1) is 11.4. The van der Waals surface area contributed by atoms with Crippen molar-refractivity contribution in [3.63, 3.8) is 0 Å². The summed E-state index contributed by atoms with van der Waals surface area (Å²) in [5.41, 5.74) is 5.58. The van der Waals surface area contributed by atoms with Gasteiger partial charge in [-0.05, 0) is 38.5 Å². The van der Waals surface area contributed by atoms with Crippen LogP contribution in [0.25, 0.3) is 0 Å². The molecule has 3 nitrogen and oxygen atoms in total. The van der Waals surface area contributed by atoms with Gasteiger partial charge in [-0.2, -0.15) is 0 Å². The topological polar surface area (TPSA) is 49.5 Å². The number of likely N-dealkylation sites (tertiary alicyclic amines) is 1. The quantitative estimate of drug-likeness (QED) is 0.712. The van der Waals surface area contributed by atoms with Crippen LogP contribution in [0.2, 0.25) is 0 Å². The second kappa shape index (κ2) is 4.04. The number of hydrogen-bond acceptors (Lipinski definition) is 3. The van der Waals surface area contributed by atoms with Crippen molar-refractivity contribution in [2.75, 3.05) is 19.6 Å². The van der Waals surface area contributed by atoms with Gasteiger partial charge in [-0.3, -0.25) is 4.90 Å². The summed E-state index contributed by atoms with van der Waals surface area (Å²) in [5.74, 6) is 1.47. The predicted molar refractivity (Wildman–Crippen MR) is 61.5 cm³/mol. The molecule has 1 aliphatic heterocycles. The molecule has 3 heteroatoms. The zero-order chi connectivity index (χ0) is 11.1. The van der Waals surface area contributed by atoms with E-state index in [-0.39, 0.29) is 0 Å². The van der Waals surface area contributed by atoms with E-state index in [4.69, 9.17) is 5.73 Å². The van der Waals surface area contributed by atoms with Gasteiger partial charge in [0.25, 0.3) is 0 Å². The summed E-state index contributed by atoms with van der Waals surface area (Å²) in [6.45, 7) is 6.79. The van der Waals surface area contributed by atoms with Crippen LogP contribution >= 0.6 is 0 Å². The van der Waals surface area contributed by atoms with Crippen molar-refractivity contribution in [3.05, 3.63) is 0 Å². The van der Waals surface area contributed by atoms with Crippen LogP contribution in [0.5, 0.6) is 0 Å². The highest BCUT2D eigenvalue weighted by atomic mass is 16.3. The van der Waals surface area contributed by atoms with Crippen molar-refractivity contribution in [1.82, 2.24) is 4.90 Å². The first-order valence-corrected chi connectivity index (χ1v) is 6.16. The monoisotopic (exact) mass is 212 g/mol. The highest BCUT2D eigenvalue weighted by Crippen LogP contribution is 2.35. The van der Waals surface area contributed by atoms with Gasteiger partial charge in [0.2, 0.25) is 0 Å². The summed E-state index contributed by atoms with van der Waals surface area (Å²) in [4.78, 5) is 2.39. The maximum Gasteiger partial charge on any atom is 0.0718 e. The zero-order valence-electron chi connectivity index (χ0n) is 9.95. The number of nitrogens with two attached hydrogens (primary N) is 1. The molecule has 1 saturated heterocycles. The summed E-state index contributed by atoms with van der Waals surface area (Å²) in [6, 6.07) is 0.399. The highest BCUT2D eigenvalue weighted by Gasteiger charge is 2.39. The van der Waals surface area contributed by atoms with Gasteiger partial charge in [0, 0.05) is 25.7 Å². The molecule has 2 fully saturated rings. The molecule has 0 amide bonds. The predicted octanol–water partition coefficient (Wildman–Crippen LogP) is 0.817. The fourth-order valence-corrected chi connectivity index (χ4v) is 3.29. The van der Waals surface area contributed by atoms with Crippen molar-refractivity contribution in [1.29, 1.82) is 0 Å². The first-order valence-electron chi connectivity index (χ1n) is 6.16. The molecule has 1 heterocycles. The van der Waals surface area contributed by atoms with Crippen LogP contribution in [0.1, 0.15) is 33.1 Å². The minimum absolute atomic E-state index is 0.399. The van der Waals surface area contributed by atoms with Crippen LogP contribution in [0.15, 0.2) is 0 Å². The van der Waals surface area contributed by atoms with Gasteiger partial charge >= 0.3 is 0 Å². The maximum atomic E-state index is 9.80. The number of hydrogen-bond donors (Lipinski definition) is 2. The summed E-state index contributed by atoms with van der Waals surface area (Å²) in [7, 11) is 0. The molecular formula is C12H24N2O. The third kappa shape index (κ3) is 2.71. The molecule has 0 radical (unpaired) electrons. The van der Waals surface area contributed by atoms with Crippen LogP contribution in [-0.2, 0) is 0 Å². The van der Waals surface area contributed by atoms with Crippen molar-refractivity contribution < 1.29 is 5.11 Å². The third-order valence-electron chi connectivity index (χ3n) is 3.84. The largest absolute Gasteiger partial charge is 0.389 e. The summed E-state index contributed by atoms with van der Waals surface area (Å²) in [6.07, 6.45) is 3.82. The molecule has 2 aliphatic rings. The molecule has 1 saturated carbocycles. The van der Waals surface area contributed by atoms with Crippen LogP contribution in [0, 0.1) is 11.8 Å². The molecule has 0 spiro atoms. The van der Waals surface area contributed by atoms with E-state index in [2.05, 4.69) is 4.90 Å². The number of aliphatic hydroxyl groups is 1. The second-order valence-corrected chi connectivity index (χ2v) is 6.03. The number of fused-ring (bicyclic) bond motifs is 1. The summed E-state index contributed by atoms with van der Waals surface area (Å²) < 4.78 is 0. The van der Waals surface area contributed by atoms with Crippen LogP contribution in [-0.4, -0.2) is 41.3 Å². The van der Waals surface area contributed by atoms with Crippen LogP contribution in [0.3, 0.4) is 0 Å². The van der Waals surface area contributed by atoms with E-state index in [0.717, 1.165) is 25.6 Å². The van der Waals surface area contributed by atoms with Crippen molar-refractivity contribution in [3.8, 4) is 0 Å². The van der Waals surface area contributed by atoms with E-state index in [1.807, 2.05) is 13.8 Å². The van der Waals surface area contributed by atoms with Gasteiger partial charge in [-0.15, -0.1) is 0 Å². The SMILES string of the molecule is CC(C)(O)CN1CC2CCCC(N)C2C1. The first-order chi connectivity index (χ1) is 6.96. The molecule has 3 unspecified atom stereocenters. The lowest BCUT2D eigenvalue weighted by molar-refractivity contribution is 0.0420. The molecule has 0 bridgehead atoms. The molecule has 0 aromatic carbocycles. The fourth-order valence-electron chi connectivity index (χ4n) is 3.29. The molecule has 0 aromatic rings. The van der Waals surface area contributed by atoms with Gasteiger partial charge in [0.15, 0.2) is 0 Å². The van der Waals surface area contributed by atoms with Gasteiger partial charge in [-0.1, -0.05) is 6.42 Å². The minimum atomic E-state index is -0.572. The highest BCUT2D eigenvalue weighted by molar-refractivity contribution is 4.94. The maximum absolute atomic E-state index is 9.80. The lowest BCUT2D eigenvalue weighted by atomic mass is 9.78. The van der Waals surface area contributed by atoms with Gasteiger partial charge in [0.1, 0.15) is 0 Å². The Morgan fingerprint density at radius 1 is 1.33 bits per heavy atom. The number of nitrogens with zero attached hydrogens (tertiary/aromatic N) is 1. The Bertz CT molecular complexity index is 224. The fraction of sp³-hybridized carbons (Fsp3) is 1.00. The minimum Gasteiger partial charge on any atom is -0.389 e. The van der Waals surface area contributed by atoms with E-state index in [9.17, 15) is 5.11 Å². The molecule has 3 atom stereocenters. The normalized spacial score (nSPS) is 38.0. The smallest absolute Gasteiger partial charge is 0.0718 e. The molecule has 1 aliphatic carbocycles. The van der Waals surface area contributed by atoms with Crippen LogP contribution in [0.4, 0.5) is 0 Å². The second-order valence-electron chi connectivity index (χ2n) is 6.03. The number of β-amino-alcohol motifs (C(OH)–C–C–N with tert-alkyl or cyclic N) is 1. The average Bonchev–Trinajstić information content (AvgIpc) is 2.45. The Morgan fingerprint density at radius 2 is 2.07 bits per heavy atom. The molecule has 15 heavy (non-hydrogen) atoms. The zero-order valence-corrected chi connectivity index (χ0v) is 9.95. The van der Waals surface area contributed by atoms with Gasteiger partial charge in [-0.25, -0.2) is 0 Å². The van der Waals surface area contributed by atoms with E-state index in [0.29, 0.717) is 12.0 Å². The van der Waals surface area contributed by atoms with E-state index >= 15 is 0 Å². The Hall–Kier alpha value is -0.120. The lowest BCUT2D eigenvalue weighted by Gasteiger charge is -2.30.